The van der Waals surface area contributed by atoms with Gasteiger partial charge in [-0.25, -0.2) is 14.6 Å². The Morgan fingerprint density at radius 1 is 1.02 bits per heavy atom. The molecule has 2 fully saturated rings. The lowest BCUT2D eigenvalue weighted by molar-refractivity contribution is -0.163. The molecule has 15 heteroatoms. The number of amides is 3. The molecule has 1 aromatic carbocycles. The number of nitrogens with one attached hydrogen (secondary N) is 1. The molecule has 1 aliphatic carbocycles. The fourth-order valence-electron chi connectivity index (χ4n) is 5.08. The first-order valence-corrected chi connectivity index (χ1v) is 15.5. The Kier molecular flexibility index (Phi) is 11.0. The molecular weight excluding hydrogens is 631 g/mol. The van der Waals surface area contributed by atoms with Crippen LogP contribution in [-0.2, 0) is 23.9 Å². The van der Waals surface area contributed by atoms with Gasteiger partial charge in [0.1, 0.15) is 17.5 Å². The summed E-state index contributed by atoms with van der Waals surface area (Å²) < 4.78 is 16.3. The molecule has 2 aliphatic rings. The maximum atomic E-state index is 13.7. The third kappa shape index (κ3) is 8.06. The van der Waals surface area contributed by atoms with Gasteiger partial charge in [-0.3, -0.25) is 14.4 Å². The molecule has 3 amide bonds. The topological polar surface area (TPSA) is 165 Å². The number of benzene rings is 1. The van der Waals surface area contributed by atoms with Gasteiger partial charge in [-0.05, 0) is 58.6 Å². The van der Waals surface area contributed by atoms with Gasteiger partial charge in [0.2, 0.25) is 11.5 Å². The van der Waals surface area contributed by atoms with Crippen molar-refractivity contribution in [1.29, 1.82) is 0 Å². The lowest BCUT2D eigenvalue weighted by Crippen LogP contribution is -2.56. The van der Waals surface area contributed by atoms with E-state index < -0.39 is 41.5 Å². The molecule has 0 spiro atoms. The summed E-state index contributed by atoms with van der Waals surface area (Å²) in [7, 11) is 0. The highest BCUT2D eigenvalue weighted by molar-refractivity contribution is 6.42. The third-order valence-corrected chi connectivity index (χ3v) is 8.35. The summed E-state index contributed by atoms with van der Waals surface area (Å²) in [5.41, 5.74) is -1.40. The maximum absolute atomic E-state index is 13.7. The fourth-order valence-corrected chi connectivity index (χ4v) is 5.40. The van der Waals surface area contributed by atoms with Crippen LogP contribution in [-0.4, -0.2) is 100 Å². The number of fused-ring (bicyclic) bond motifs is 1. The van der Waals surface area contributed by atoms with Crippen LogP contribution in [0.2, 0.25) is 10.0 Å². The van der Waals surface area contributed by atoms with E-state index >= 15 is 0 Å². The van der Waals surface area contributed by atoms with E-state index in [1.54, 1.807) is 20.8 Å². The van der Waals surface area contributed by atoms with Gasteiger partial charge in [0.05, 0.1) is 28.3 Å². The maximum Gasteiger partial charge on any atom is 0.409 e. The molecule has 45 heavy (non-hydrogen) atoms. The summed E-state index contributed by atoms with van der Waals surface area (Å²) in [6.45, 7) is 6.21. The molecule has 1 saturated carbocycles. The number of carboxylic acid groups (broad SMARTS) is 1. The minimum Gasteiger partial charge on any atom is -0.478 e. The highest BCUT2D eigenvalue weighted by Gasteiger charge is 2.47. The standard InChI is InChI=1S/C30H36Cl2N4O9/c1-4-43-29(42)36-12-10-35(11-13-36)27(39)21(6-7-25(37)44-17(2)3)34-26(38)23-16-24(45-30(28(40)41)8-5-9-30)18-14-19(31)20(32)15-22(18)33-23/h14-17,21H,4-13H2,1-3H3,(H,34,38)(H,40,41). The zero-order valence-corrected chi connectivity index (χ0v) is 26.8. The molecule has 2 heterocycles. The van der Waals surface area contributed by atoms with E-state index in [4.69, 9.17) is 37.4 Å². The Bertz CT molecular complexity index is 1470. The van der Waals surface area contributed by atoms with Gasteiger partial charge in [0.25, 0.3) is 5.91 Å². The predicted octanol–water partition coefficient (Wildman–Crippen LogP) is 4.06. The number of aromatic nitrogens is 1. The number of carboxylic acids is 1. The van der Waals surface area contributed by atoms with Gasteiger partial charge in [-0.15, -0.1) is 0 Å². The quantitative estimate of drug-likeness (QED) is 0.334. The van der Waals surface area contributed by atoms with Crippen molar-refractivity contribution in [2.75, 3.05) is 32.8 Å². The zero-order chi connectivity index (χ0) is 32.9. The molecule has 2 N–H and O–H groups in total. The minimum absolute atomic E-state index is 0.0608. The first-order chi connectivity index (χ1) is 21.3. The number of ether oxygens (including phenoxy) is 3. The van der Waals surface area contributed by atoms with Gasteiger partial charge in [-0.2, -0.15) is 0 Å². The number of nitrogens with zero attached hydrogens (tertiary/aromatic N) is 3. The largest absolute Gasteiger partial charge is 0.478 e. The highest BCUT2D eigenvalue weighted by Crippen LogP contribution is 2.40. The molecule has 244 valence electrons. The second kappa shape index (κ2) is 14.5. The van der Waals surface area contributed by atoms with Crippen LogP contribution in [0.4, 0.5) is 4.79 Å². The van der Waals surface area contributed by atoms with Gasteiger partial charge in [0.15, 0.2) is 0 Å². The van der Waals surface area contributed by atoms with E-state index in [2.05, 4.69) is 10.3 Å². The lowest BCUT2D eigenvalue weighted by Gasteiger charge is -2.38. The summed E-state index contributed by atoms with van der Waals surface area (Å²) in [6.07, 6.45) is 0.179. The third-order valence-electron chi connectivity index (χ3n) is 7.63. The molecule has 13 nitrogen and oxygen atoms in total. The van der Waals surface area contributed by atoms with E-state index in [0.29, 0.717) is 11.8 Å². The second-order valence-electron chi connectivity index (χ2n) is 11.2. The van der Waals surface area contributed by atoms with E-state index in [9.17, 15) is 29.1 Å². The van der Waals surface area contributed by atoms with Crippen LogP contribution in [0, 0.1) is 0 Å². The number of halogens is 2. The molecule has 1 saturated heterocycles. The summed E-state index contributed by atoms with van der Waals surface area (Å²) >= 11 is 12.5. The van der Waals surface area contributed by atoms with Crippen molar-refractivity contribution in [3.63, 3.8) is 0 Å². The number of rotatable bonds is 11. The Balaban J connectivity index is 1.60. The van der Waals surface area contributed by atoms with Crippen LogP contribution < -0.4 is 10.1 Å². The Morgan fingerprint density at radius 2 is 1.67 bits per heavy atom. The van der Waals surface area contributed by atoms with Crippen LogP contribution in [0.1, 0.15) is 63.4 Å². The Hall–Kier alpha value is -3.84. The van der Waals surface area contributed by atoms with Gasteiger partial charge >= 0.3 is 18.0 Å². The number of aliphatic carboxylic acids is 1. The van der Waals surface area contributed by atoms with Crippen LogP contribution in [0.5, 0.6) is 5.75 Å². The fraction of sp³-hybridized carbons (Fsp3) is 0.533. The number of piperazine rings is 1. The average Bonchev–Trinajstić information content (AvgIpc) is 2.96. The van der Waals surface area contributed by atoms with Crippen molar-refractivity contribution < 1.29 is 43.3 Å². The summed E-state index contributed by atoms with van der Waals surface area (Å²) in [5, 5.41) is 13.3. The molecular formula is C30H36Cl2N4O9. The molecule has 0 bridgehead atoms. The number of hydrogen-bond donors (Lipinski definition) is 2. The molecule has 1 aliphatic heterocycles. The zero-order valence-electron chi connectivity index (χ0n) is 25.3. The minimum atomic E-state index is -1.46. The molecule has 1 atom stereocenters. The van der Waals surface area contributed by atoms with E-state index in [-0.39, 0.29) is 91.6 Å². The van der Waals surface area contributed by atoms with Crippen LogP contribution in [0.3, 0.4) is 0 Å². The number of carbonyl (C=O) groups excluding carboxylic acids is 4. The molecule has 4 rings (SSSR count). The van der Waals surface area contributed by atoms with Crippen LogP contribution >= 0.6 is 23.2 Å². The normalized spacial score (nSPS) is 16.5. The SMILES string of the molecule is CCOC(=O)N1CCN(C(=O)C(CCC(=O)OC(C)C)NC(=O)c2cc(OC3(C(=O)O)CCC3)c3cc(Cl)c(Cl)cc3n2)CC1. The molecule has 1 unspecified atom stereocenters. The first kappa shape index (κ1) is 34.0. The van der Waals surface area contributed by atoms with E-state index in [1.807, 2.05) is 0 Å². The smallest absolute Gasteiger partial charge is 0.409 e. The van der Waals surface area contributed by atoms with Gasteiger partial charge in [-0.1, -0.05) is 23.2 Å². The van der Waals surface area contributed by atoms with E-state index in [1.165, 1.54) is 28.0 Å². The van der Waals surface area contributed by atoms with Crippen molar-refractivity contribution in [3.8, 4) is 5.75 Å². The van der Waals surface area contributed by atoms with Crippen molar-refractivity contribution in [3.05, 3.63) is 33.9 Å². The summed E-state index contributed by atoms with van der Waals surface area (Å²) in [4.78, 5) is 71.2. The molecule has 1 aromatic heterocycles. The van der Waals surface area contributed by atoms with Crippen molar-refractivity contribution in [2.24, 2.45) is 0 Å². The highest BCUT2D eigenvalue weighted by atomic mass is 35.5. The number of esters is 1. The Labute approximate surface area is 270 Å². The van der Waals surface area contributed by atoms with Gasteiger partial charge in [0, 0.05) is 44.1 Å². The van der Waals surface area contributed by atoms with Crippen LogP contribution in [0.15, 0.2) is 18.2 Å². The van der Waals surface area contributed by atoms with Crippen LogP contribution in [0.25, 0.3) is 10.9 Å². The summed E-state index contributed by atoms with van der Waals surface area (Å²) in [5.74, 6) is -2.80. The number of pyridine rings is 1. The lowest BCUT2D eigenvalue weighted by atomic mass is 9.80. The molecule has 2 aromatic rings. The number of hydrogen-bond acceptors (Lipinski definition) is 9. The van der Waals surface area contributed by atoms with Crippen molar-refractivity contribution in [2.45, 2.75) is 70.6 Å². The first-order valence-electron chi connectivity index (χ1n) is 14.8. The molecule has 0 radical (unpaired) electrons. The monoisotopic (exact) mass is 666 g/mol. The number of carbonyl (C=O) groups is 5. The van der Waals surface area contributed by atoms with Crippen molar-refractivity contribution >= 4 is 64.0 Å². The van der Waals surface area contributed by atoms with Gasteiger partial charge < -0.3 is 34.4 Å². The average molecular weight is 668 g/mol. The second-order valence-corrected chi connectivity index (χ2v) is 12.0. The van der Waals surface area contributed by atoms with Crippen molar-refractivity contribution in [1.82, 2.24) is 20.1 Å². The van der Waals surface area contributed by atoms with E-state index in [0.717, 1.165) is 0 Å². The predicted molar refractivity (Wildman–Crippen MR) is 163 cm³/mol. The Morgan fingerprint density at radius 3 is 2.24 bits per heavy atom. The summed E-state index contributed by atoms with van der Waals surface area (Å²) in [6, 6.07) is 3.08.